The third-order valence-corrected chi connectivity index (χ3v) is 8.19. The molecule has 0 aliphatic heterocycles. The molecule has 0 fully saturated rings. The number of hydrogen-bond donors (Lipinski definition) is 0. The lowest BCUT2D eigenvalue weighted by atomic mass is 9.83. The number of aromatic nitrogens is 2. The van der Waals surface area contributed by atoms with Crippen molar-refractivity contribution in [1.29, 1.82) is 0 Å². The van der Waals surface area contributed by atoms with Gasteiger partial charge < -0.3 is 0 Å². The van der Waals surface area contributed by atoms with Gasteiger partial charge in [0.2, 0.25) is 0 Å². The Balaban J connectivity index is 1.42. The van der Waals surface area contributed by atoms with Gasteiger partial charge in [-0.25, -0.2) is 0 Å². The number of hydrogen-bond acceptors (Lipinski definition) is 2. The minimum Gasteiger partial charge on any atom is -0.256 e. The largest absolute Gasteiger partial charge is 0.256 e. The summed E-state index contributed by atoms with van der Waals surface area (Å²) >= 11 is 0. The standard InChI is InChI=1S/C38H26N2/c1-3-11-27(12-4-1)34-35-30-17-9-15-26-16-10-18-31(33(26)30)36(35)38(28-13-5-2-6-14-28)40-37(34)29-22-20-25(21-23-29)32-19-7-8-24-39-32/h1-22,24,29H,23H2. The number of rotatable bonds is 4. The van der Waals surface area contributed by atoms with Gasteiger partial charge in [0.25, 0.3) is 0 Å². The number of fused-ring (bicyclic) bond motifs is 3. The second kappa shape index (κ2) is 9.29. The molecule has 1 atom stereocenters. The summed E-state index contributed by atoms with van der Waals surface area (Å²) in [7, 11) is 0. The lowest BCUT2D eigenvalue weighted by Crippen LogP contribution is -2.07. The van der Waals surface area contributed by atoms with Crippen LogP contribution in [0.2, 0.25) is 0 Å². The van der Waals surface area contributed by atoms with Gasteiger partial charge >= 0.3 is 0 Å². The molecule has 4 aromatic carbocycles. The van der Waals surface area contributed by atoms with E-state index < -0.39 is 0 Å². The first-order valence-electron chi connectivity index (χ1n) is 13.9. The Hall–Kier alpha value is -5.08. The molecule has 0 radical (unpaired) electrons. The molecule has 0 amide bonds. The van der Waals surface area contributed by atoms with Gasteiger partial charge in [-0.3, -0.25) is 9.97 Å². The third-order valence-electron chi connectivity index (χ3n) is 8.19. The van der Waals surface area contributed by atoms with E-state index in [1.54, 1.807) is 0 Å². The summed E-state index contributed by atoms with van der Waals surface area (Å²) in [5.41, 5.74) is 13.1. The minimum atomic E-state index is 0.151. The van der Waals surface area contributed by atoms with E-state index in [-0.39, 0.29) is 5.92 Å². The first-order chi connectivity index (χ1) is 19.9. The van der Waals surface area contributed by atoms with Crippen LogP contribution in [0.15, 0.2) is 140 Å². The highest BCUT2D eigenvalue weighted by Gasteiger charge is 2.32. The van der Waals surface area contributed by atoms with Crippen molar-refractivity contribution in [3.8, 4) is 44.6 Å². The zero-order valence-corrected chi connectivity index (χ0v) is 22.0. The van der Waals surface area contributed by atoms with Crippen molar-refractivity contribution in [2.24, 2.45) is 0 Å². The minimum absolute atomic E-state index is 0.151. The topological polar surface area (TPSA) is 25.8 Å². The highest BCUT2D eigenvalue weighted by Crippen LogP contribution is 2.55. The number of benzene rings is 4. The maximum absolute atomic E-state index is 5.59. The summed E-state index contributed by atoms with van der Waals surface area (Å²) in [4.78, 5) is 10.2. The summed E-state index contributed by atoms with van der Waals surface area (Å²) in [6.45, 7) is 0. The van der Waals surface area contributed by atoms with E-state index in [0.29, 0.717) is 0 Å². The van der Waals surface area contributed by atoms with E-state index in [4.69, 9.17) is 4.98 Å². The fourth-order valence-electron chi connectivity index (χ4n) is 6.41. The van der Waals surface area contributed by atoms with E-state index >= 15 is 0 Å². The Morgan fingerprint density at radius 2 is 1.30 bits per heavy atom. The molecule has 2 aliphatic rings. The predicted octanol–water partition coefficient (Wildman–Crippen LogP) is 9.74. The molecule has 2 aromatic heterocycles. The SMILES string of the molecule is C1=CC(c2nc(-c3ccccc3)c3c(c2-c2ccccc2)-c2cccc4cccc-3c24)CC=C1c1ccccn1. The molecule has 0 saturated carbocycles. The van der Waals surface area contributed by atoms with E-state index in [2.05, 4.69) is 126 Å². The fraction of sp³-hybridized carbons (Fsp3) is 0.0526. The maximum Gasteiger partial charge on any atom is 0.0790 e. The molecule has 40 heavy (non-hydrogen) atoms. The molecule has 2 heteroatoms. The molecule has 0 bridgehead atoms. The fourth-order valence-corrected chi connectivity index (χ4v) is 6.41. The average molecular weight is 511 g/mol. The van der Waals surface area contributed by atoms with Crippen molar-refractivity contribution >= 4 is 16.3 Å². The van der Waals surface area contributed by atoms with Crippen LogP contribution in [-0.4, -0.2) is 9.97 Å². The summed E-state index contributed by atoms with van der Waals surface area (Å²) in [5, 5.41) is 2.59. The molecular formula is C38H26N2. The van der Waals surface area contributed by atoms with Crippen LogP contribution in [0.25, 0.3) is 61.0 Å². The van der Waals surface area contributed by atoms with Gasteiger partial charge in [0.05, 0.1) is 17.1 Å². The van der Waals surface area contributed by atoms with E-state index in [1.807, 2.05) is 18.3 Å². The number of allylic oxidation sites excluding steroid dienone is 4. The molecular weight excluding hydrogens is 484 g/mol. The first-order valence-corrected chi connectivity index (χ1v) is 13.9. The predicted molar refractivity (Wildman–Crippen MR) is 166 cm³/mol. The molecule has 0 N–H and O–H groups in total. The van der Waals surface area contributed by atoms with Crippen molar-refractivity contribution in [3.05, 3.63) is 151 Å². The van der Waals surface area contributed by atoms with Crippen LogP contribution >= 0.6 is 0 Å². The van der Waals surface area contributed by atoms with Crippen LogP contribution in [0.5, 0.6) is 0 Å². The van der Waals surface area contributed by atoms with Crippen molar-refractivity contribution in [2.45, 2.75) is 12.3 Å². The molecule has 2 nitrogen and oxygen atoms in total. The molecule has 188 valence electrons. The van der Waals surface area contributed by atoms with E-state index in [0.717, 1.165) is 29.1 Å². The Labute approximate surface area is 234 Å². The molecule has 0 spiro atoms. The monoisotopic (exact) mass is 510 g/mol. The van der Waals surface area contributed by atoms with Crippen LogP contribution in [-0.2, 0) is 0 Å². The Morgan fingerprint density at radius 1 is 0.600 bits per heavy atom. The quantitative estimate of drug-likeness (QED) is 0.235. The van der Waals surface area contributed by atoms with E-state index in [9.17, 15) is 0 Å². The Kier molecular flexibility index (Phi) is 5.31. The molecule has 2 heterocycles. The van der Waals surface area contributed by atoms with Crippen molar-refractivity contribution in [1.82, 2.24) is 9.97 Å². The smallest absolute Gasteiger partial charge is 0.0790 e. The zero-order valence-electron chi connectivity index (χ0n) is 22.0. The molecule has 2 aliphatic carbocycles. The highest BCUT2D eigenvalue weighted by molar-refractivity contribution is 6.20. The summed E-state index contributed by atoms with van der Waals surface area (Å²) in [5.74, 6) is 0.151. The lowest BCUT2D eigenvalue weighted by Gasteiger charge is -2.24. The summed E-state index contributed by atoms with van der Waals surface area (Å²) in [6.07, 6.45) is 9.59. The molecule has 8 rings (SSSR count). The Bertz CT molecular complexity index is 1950. The van der Waals surface area contributed by atoms with Crippen LogP contribution in [0.4, 0.5) is 0 Å². The van der Waals surface area contributed by atoms with Gasteiger partial charge in [0.1, 0.15) is 0 Å². The second-order valence-corrected chi connectivity index (χ2v) is 10.5. The number of pyridine rings is 2. The van der Waals surface area contributed by atoms with Gasteiger partial charge in [0, 0.05) is 34.4 Å². The van der Waals surface area contributed by atoms with Crippen molar-refractivity contribution in [2.75, 3.05) is 0 Å². The van der Waals surface area contributed by atoms with Crippen molar-refractivity contribution < 1.29 is 0 Å². The molecule has 0 saturated heterocycles. The van der Waals surface area contributed by atoms with Crippen LogP contribution in [0, 0.1) is 0 Å². The van der Waals surface area contributed by atoms with Gasteiger partial charge in [-0.2, -0.15) is 0 Å². The zero-order chi connectivity index (χ0) is 26.5. The van der Waals surface area contributed by atoms with Crippen LogP contribution < -0.4 is 0 Å². The molecule has 6 aromatic rings. The van der Waals surface area contributed by atoms with Gasteiger partial charge in [-0.15, -0.1) is 0 Å². The number of nitrogens with zero attached hydrogens (tertiary/aromatic N) is 2. The summed E-state index contributed by atoms with van der Waals surface area (Å²) < 4.78 is 0. The van der Waals surface area contributed by atoms with Gasteiger partial charge in [-0.1, -0.05) is 121 Å². The lowest BCUT2D eigenvalue weighted by molar-refractivity contribution is 0.822. The highest BCUT2D eigenvalue weighted by atomic mass is 14.7. The van der Waals surface area contributed by atoms with Gasteiger partial charge in [-0.05, 0) is 51.6 Å². The average Bonchev–Trinajstić information content (AvgIpc) is 3.38. The molecule has 1 unspecified atom stereocenters. The summed E-state index contributed by atoms with van der Waals surface area (Å²) in [6, 6.07) is 40.9. The Morgan fingerprint density at radius 3 is 1.98 bits per heavy atom. The van der Waals surface area contributed by atoms with Crippen molar-refractivity contribution in [3.63, 3.8) is 0 Å². The van der Waals surface area contributed by atoms with Crippen LogP contribution in [0.1, 0.15) is 23.7 Å². The van der Waals surface area contributed by atoms with Crippen LogP contribution in [0.3, 0.4) is 0 Å². The van der Waals surface area contributed by atoms with E-state index in [1.165, 1.54) is 49.7 Å². The first kappa shape index (κ1) is 22.9. The van der Waals surface area contributed by atoms with Gasteiger partial charge in [0.15, 0.2) is 0 Å². The second-order valence-electron chi connectivity index (χ2n) is 10.5. The normalized spacial score (nSPS) is 15.2. The third kappa shape index (κ3) is 3.57. The maximum atomic E-state index is 5.59.